The van der Waals surface area contributed by atoms with Gasteiger partial charge in [0, 0.05) is 31.2 Å². The maximum Gasteiger partial charge on any atom is 0.229 e. The van der Waals surface area contributed by atoms with Crippen LogP contribution in [0.5, 0.6) is 0 Å². The molecule has 0 bridgehead atoms. The summed E-state index contributed by atoms with van der Waals surface area (Å²) in [6.07, 6.45) is 6.71. The molecule has 1 saturated carbocycles. The SMILES string of the molecule is CN(Cc1ccccn1)C1CCCN(Cc2noc(C3CC3)n2)C1. The highest BCUT2D eigenvalue weighted by Crippen LogP contribution is 2.38. The van der Waals surface area contributed by atoms with Crippen LogP contribution in [0, 0.1) is 0 Å². The summed E-state index contributed by atoms with van der Waals surface area (Å²) < 4.78 is 5.38. The second-order valence-electron chi connectivity index (χ2n) is 7.09. The third kappa shape index (κ3) is 3.82. The van der Waals surface area contributed by atoms with Crippen LogP contribution in [0.3, 0.4) is 0 Å². The van der Waals surface area contributed by atoms with Crippen molar-refractivity contribution in [3.63, 3.8) is 0 Å². The molecule has 2 aliphatic rings. The number of likely N-dealkylation sites (N-methyl/N-ethyl adjacent to an activating group) is 1. The monoisotopic (exact) mass is 327 g/mol. The van der Waals surface area contributed by atoms with E-state index in [9.17, 15) is 0 Å². The van der Waals surface area contributed by atoms with Crippen LogP contribution in [0.1, 0.15) is 49.0 Å². The van der Waals surface area contributed by atoms with Crippen molar-refractivity contribution >= 4 is 0 Å². The van der Waals surface area contributed by atoms with Crippen LogP contribution < -0.4 is 0 Å². The summed E-state index contributed by atoms with van der Waals surface area (Å²) in [4.78, 5) is 13.9. The highest BCUT2D eigenvalue weighted by molar-refractivity contribution is 5.04. The van der Waals surface area contributed by atoms with E-state index in [-0.39, 0.29) is 0 Å². The minimum Gasteiger partial charge on any atom is -0.339 e. The predicted octanol–water partition coefficient (Wildman–Crippen LogP) is 2.44. The molecule has 128 valence electrons. The molecule has 0 aromatic carbocycles. The van der Waals surface area contributed by atoms with Gasteiger partial charge in [0.05, 0.1) is 12.2 Å². The van der Waals surface area contributed by atoms with E-state index in [2.05, 4.69) is 44.1 Å². The van der Waals surface area contributed by atoms with Crippen molar-refractivity contribution in [1.29, 1.82) is 0 Å². The number of piperidine rings is 1. The van der Waals surface area contributed by atoms with Crippen LogP contribution in [-0.2, 0) is 13.1 Å². The maximum absolute atomic E-state index is 5.38. The lowest BCUT2D eigenvalue weighted by atomic mass is 10.0. The lowest BCUT2D eigenvalue weighted by Gasteiger charge is -2.37. The Bertz CT molecular complexity index is 654. The van der Waals surface area contributed by atoms with Gasteiger partial charge in [0.1, 0.15) is 0 Å². The molecular weight excluding hydrogens is 302 g/mol. The van der Waals surface area contributed by atoms with Crippen LogP contribution in [0.15, 0.2) is 28.9 Å². The largest absolute Gasteiger partial charge is 0.339 e. The van der Waals surface area contributed by atoms with E-state index >= 15 is 0 Å². The van der Waals surface area contributed by atoms with Gasteiger partial charge in [0.25, 0.3) is 0 Å². The number of rotatable bonds is 6. The Kier molecular flexibility index (Phi) is 4.58. The number of pyridine rings is 1. The molecule has 0 amide bonds. The first kappa shape index (κ1) is 15.7. The van der Waals surface area contributed by atoms with Crippen molar-refractivity contribution in [2.75, 3.05) is 20.1 Å². The number of nitrogens with zero attached hydrogens (tertiary/aromatic N) is 5. The molecule has 6 nitrogen and oxygen atoms in total. The average molecular weight is 327 g/mol. The normalized spacial score (nSPS) is 22.2. The highest BCUT2D eigenvalue weighted by Gasteiger charge is 2.30. The molecule has 3 heterocycles. The lowest BCUT2D eigenvalue weighted by molar-refractivity contribution is 0.104. The van der Waals surface area contributed by atoms with E-state index in [4.69, 9.17) is 4.52 Å². The quantitative estimate of drug-likeness (QED) is 0.812. The molecule has 1 unspecified atom stereocenters. The fourth-order valence-electron chi connectivity index (χ4n) is 3.44. The minimum absolute atomic E-state index is 0.532. The molecule has 24 heavy (non-hydrogen) atoms. The zero-order chi connectivity index (χ0) is 16.4. The molecule has 4 rings (SSSR count). The Hall–Kier alpha value is -1.79. The highest BCUT2D eigenvalue weighted by atomic mass is 16.5. The summed E-state index contributed by atoms with van der Waals surface area (Å²) >= 11 is 0. The van der Waals surface area contributed by atoms with E-state index in [1.807, 2.05) is 12.3 Å². The van der Waals surface area contributed by atoms with Gasteiger partial charge in [-0.2, -0.15) is 4.98 Å². The third-order valence-corrected chi connectivity index (χ3v) is 5.02. The van der Waals surface area contributed by atoms with Gasteiger partial charge in [-0.15, -0.1) is 0 Å². The summed E-state index contributed by atoms with van der Waals surface area (Å²) in [6, 6.07) is 6.66. The Morgan fingerprint density at radius 1 is 1.29 bits per heavy atom. The molecular formula is C18H25N5O. The second kappa shape index (κ2) is 6.99. The number of hydrogen-bond donors (Lipinski definition) is 0. The molecule has 2 aromatic rings. The van der Waals surface area contributed by atoms with Gasteiger partial charge < -0.3 is 4.52 Å². The molecule has 0 N–H and O–H groups in total. The van der Waals surface area contributed by atoms with Gasteiger partial charge in [-0.25, -0.2) is 0 Å². The van der Waals surface area contributed by atoms with Crippen molar-refractivity contribution in [2.45, 2.75) is 50.7 Å². The first-order valence-electron chi connectivity index (χ1n) is 8.93. The van der Waals surface area contributed by atoms with E-state index < -0.39 is 0 Å². The topological polar surface area (TPSA) is 58.3 Å². The summed E-state index contributed by atoms with van der Waals surface area (Å²) in [7, 11) is 2.20. The Balaban J connectivity index is 1.32. The minimum atomic E-state index is 0.532. The van der Waals surface area contributed by atoms with Gasteiger partial charge >= 0.3 is 0 Å². The molecule has 1 aliphatic heterocycles. The summed E-state index contributed by atoms with van der Waals surface area (Å²) in [5, 5.41) is 4.16. The zero-order valence-corrected chi connectivity index (χ0v) is 14.3. The Labute approximate surface area is 142 Å². The van der Waals surface area contributed by atoms with Crippen LogP contribution in [0.25, 0.3) is 0 Å². The maximum atomic E-state index is 5.38. The predicted molar refractivity (Wildman–Crippen MR) is 90.3 cm³/mol. The first-order valence-corrected chi connectivity index (χ1v) is 8.93. The van der Waals surface area contributed by atoms with Gasteiger partial charge in [0.2, 0.25) is 5.89 Å². The third-order valence-electron chi connectivity index (χ3n) is 5.02. The first-order chi connectivity index (χ1) is 11.8. The van der Waals surface area contributed by atoms with Crippen LogP contribution in [-0.4, -0.2) is 51.1 Å². The van der Waals surface area contributed by atoms with Crippen LogP contribution in [0.2, 0.25) is 0 Å². The van der Waals surface area contributed by atoms with Crippen molar-refractivity contribution in [1.82, 2.24) is 24.9 Å². The molecule has 2 aromatic heterocycles. The standard InChI is InChI=1S/C18H25N5O/c1-22(11-15-5-2-3-9-19-15)16-6-4-10-23(12-16)13-17-20-18(24-21-17)14-7-8-14/h2-3,5,9,14,16H,4,6-8,10-13H2,1H3. The van der Waals surface area contributed by atoms with Gasteiger partial charge in [0.15, 0.2) is 5.82 Å². The van der Waals surface area contributed by atoms with Crippen LogP contribution in [0.4, 0.5) is 0 Å². The lowest BCUT2D eigenvalue weighted by Crippen LogP contribution is -2.46. The molecule has 0 radical (unpaired) electrons. The van der Waals surface area contributed by atoms with E-state index in [1.165, 1.54) is 25.7 Å². The molecule has 2 fully saturated rings. The zero-order valence-electron chi connectivity index (χ0n) is 14.3. The second-order valence-corrected chi connectivity index (χ2v) is 7.09. The van der Waals surface area contributed by atoms with E-state index in [0.29, 0.717) is 12.0 Å². The van der Waals surface area contributed by atoms with Crippen molar-refractivity contribution in [3.05, 3.63) is 41.8 Å². The molecule has 1 atom stereocenters. The van der Waals surface area contributed by atoms with E-state index in [0.717, 1.165) is 43.6 Å². The number of hydrogen-bond acceptors (Lipinski definition) is 6. The summed E-state index contributed by atoms with van der Waals surface area (Å²) in [5.41, 5.74) is 1.13. The summed E-state index contributed by atoms with van der Waals surface area (Å²) in [5.74, 6) is 2.21. The average Bonchev–Trinajstić information content (AvgIpc) is 3.36. The Morgan fingerprint density at radius 3 is 3.00 bits per heavy atom. The smallest absolute Gasteiger partial charge is 0.229 e. The molecule has 0 spiro atoms. The molecule has 1 aliphatic carbocycles. The van der Waals surface area contributed by atoms with Crippen molar-refractivity contribution in [2.24, 2.45) is 0 Å². The fourth-order valence-corrected chi connectivity index (χ4v) is 3.44. The van der Waals surface area contributed by atoms with Crippen molar-refractivity contribution < 1.29 is 4.52 Å². The molecule has 6 heteroatoms. The molecule has 1 saturated heterocycles. The van der Waals surface area contributed by atoms with Gasteiger partial charge in [-0.3, -0.25) is 14.8 Å². The number of aromatic nitrogens is 3. The van der Waals surface area contributed by atoms with E-state index in [1.54, 1.807) is 0 Å². The van der Waals surface area contributed by atoms with Gasteiger partial charge in [-0.1, -0.05) is 11.2 Å². The summed E-state index contributed by atoms with van der Waals surface area (Å²) in [6.45, 7) is 3.86. The Morgan fingerprint density at radius 2 is 2.21 bits per heavy atom. The van der Waals surface area contributed by atoms with Gasteiger partial charge in [-0.05, 0) is 51.4 Å². The fraction of sp³-hybridized carbons (Fsp3) is 0.611. The number of likely N-dealkylation sites (tertiary alicyclic amines) is 1. The van der Waals surface area contributed by atoms with Crippen molar-refractivity contribution in [3.8, 4) is 0 Å². The van der Waals surface area contributed by atoms with Crippen LogP contribution >= 0.6 is 0 Å².